The molecule has 7 heteroatoms. The highest BCUT2D eigenvalue weighted by molar-refractivity contribution is 7.08. The first-order valence-electron chi connectivity index (χ1n) is 8.85. The van der Waals surface area contributed by atoms with Crippen LogP contribution in [0.2, 0.25) is 0 Å². The topological polar surface area (TPSA) is 63.1 Å². The Kier molecular flexibility index (Phi) is 4.19. The number of likely N-dealkylation sites (tertiary alicyclic amines) is 1. The van der Waals surface area contributed by atoms with E-state index in [2.05, 4.69) is 31.7 Å². The van der Waals surface area contributed by atoms with E-state index < -0.39 is 0 Å². The lowest BCUT2D eigenvalue weighted by molar-refractivity contribution is 0.198. The summed E-state index contributed by atoms with van der Waals surface area (Å²) in [5.41, 5.74) is 2.65. The van der Waals surface area contributed by atoms with Crippen LogP contribution in [0.3, 0.4) is 0 Å². The number of hydrogen-bond donors (Lipinski definition) is 1. The summed E-state index contributed by atoms with van der Waals surface area (Å²) in [6.07, 6.45) is 2.70. The summed E-state index contributed by atoms with van der Waals surface area (Å²) in [4.78, 5) is 23.8. The van der Waals surface area contributed by atoms with E-state index in [1.54, 1.807) is 17.5 Å². The first kappa shape index (κ1) is 17.0. The highest BCUT2D eigenvalue weighted by Crippen LogP contribution is 2.32. The lowest BCUT2D eigenvalue weighted by atomic mass is 10.1. The molecule has 1 fully saturated rings. The first-order chi connectivity index (χ1) is 12.4. The molecule has 4 rings (SSSR count). The Balaban J connectivity index is 1.67. The fourth-order valence-corrected chi connectivity index (χ4v) is 4.04. The number of carbonyl (C=O) groups is 1. The van der Waals surface area contributed by atoms with E-state index in [4.69, 9.17) is 4.98 Å². The Morgan fingerprint density at radius 1 is 1.35 bits per heavy atom. The van der Waals surface area contributed by atoms with Gasteiger partial charge in [0.15, 0.2) is 5.65 Å². The van der Waals surface area contributed by atoms with Gasteiger partial charge in [-0.2, -0.15) is 11.3 Å². The molecule has 0 spiro atoms. The van der Waals surface area contributed by atoms with Gasteiger partial charge in [0.25, 0.3) is 0 Å². The molecule has 2 amide bonds. The summed E-state index contributed by atoms with van der Waals surface area (Å²) in [5.74, 6) is 0.933. The third-order valence-corrected chi connectivity index (χ3v) is 5.21. The minimum Gasteiger partial charge on any atom is -0.333 e. The average Bonchev–Trinajstić information content (AvgIpc) is 3.31. The van der Waals surface area contributed by atoms with Crippen molar-refractivity contribution in [2.24, 2.45) is 0 Å². The van der Waals surface area contributed by atoms with Gasteiger partial charge in [-0.15, -0.1) is 0 Å². The number of urea groups is 1. The molecule has 1 aliphatic rings. The van der Waals surface area contributed by atoms with E-state index in [1.165, 1.54) is 0 Å². The maximum atomic E-state index is 12.5. The maximum Gasteiger partial charge on any atom is 0.317 e. The van der Waals surface area contributed by atoms with Crippen molar-refractivity contribution in [3.05, 3.63) is 35.2 Å². The molecule has 0 saturated carbocycles. The summed E-state index contributed by atoms with van der Waals surface area (Å²) in [5, 5.41) is 7.22. The molecule has 1 N–H and O–H groups in total. The Labute approximate surface area is 156 Å². The van der Waals surface area contributed by atoms with E-state index in [9.17, 15) is 4.79 Å². The van der Waals surface area contributed by atoms with E-state index >= 15 is 0 Å². The lowest BCUT2D eigenvalue weighted by Gasteiger charge is -2.25. The number of nitrogens with zero attached hydrogens (tertiary/aromatic N) is 4. The first-order valence-corrected chi connectivity index (χ1v) is 9.79. The Morgan fingerprint density at radius 2 is 2.19 bits per heavy atom. The molecule has 136 valence electrons. The monoisotopic (exact) mass is 369 g/mol. The molecule has 26 heavy (non-hydrogen) atoms. The Bertz CT molecular complexity index is 925. The zero-order chi connectivity index (χ0) is 18.3. The largest absolute Gasteiger partial charge is 0.333 e. The molecule has 0 radical (unpaired) electrons. The minimum absolute atomic E-state index is 0.00513. The number of fused-ring (bicyclic) bond motifs is 1. The zero-order valence-electron chi connectivity index (χ0n) is 15.3. The molecule has 1 aliphatic heterocycles. The zero-order valence-corrected chi connectivity index (χ0v) is 16.1. The fourth-order valence-electron chi connectivity index (χ4n) is 3.41. The molecule has 0 aliphatic carbocycles. The van der Waals surface area contributed by atoms with Gasteiger partial charge in [-0.3, -0.25) is 0 Å². The van der Waals surface area contributed by atoms with Gasteiger partial charge in [0.05, 0.1) is 6.04 Å². The average molecular weight is 369 g/mol. The van der Waals surface area contributed by atoms with Gasteiger partial charge < -0.3 is 14.8 Å². The number of carbonyl (C=O) groups excluding carboxylic acids is 1. The number of pyridine rings is 1. The molecule has 1 atom stereocenters. The van der Waals surface area contributed by atoms with Crippen LogP contribution in [0.4, 0.5) is 4.79 Å². The number of amides is 2. The van der Waals surface area contributed by atoms with Gasteiger partial charge in [-0.05, 0) is 50.8 Å². The van der Waals surface area contributed by atoms with Gasteiger partial charge in [0.2, 0.25) is 0 Å². The minimum atomic E-state index is -0.236. The molecule has 0 unspecified atom stereocenters. The quantitative estimate of drug-likeness (QED) is 0.745. The van der Waals surface area contributed by atoms with Crippen molar-refractivity contribution in [2.45, 2.75) is 38.8 Å². The molecular formula is C19H23N5OS. The summed E-state index contributed by atoms with van der Waals surface area (Å²) >= 11 is 1.66. The maximum absolute atomic E-state index is 12.5. The summed E-state index contributed by atoms with van der Waals surface area (Å²) in [6, 6.07) is 6.16. The third kappa shape index (κ3) is 3.19. The van der Waals surface area contributed by atoms with Crippen molar-refractivity contribution in [3.8, 4) is 11.4 Å². The molecule has 6 nitrogen and oxygen atoms in total. The predicted octanol–water partition coefficient (Wildman–Crippen LogP) is 3.91. The van der Waals surface area contributed by atoms with Crippen molar-refractivity contribution in [2.75, 3.05) is 13.1 Å². The van der Waals surface area contributed by atoms with Crippen LogP contribution in [0.5, 0.6) is 0 Å². The number of imidazole rings is 1. The van der Waals surface area contributed by atoms with Crippen molar-refractivity contribution < 1.29 is 4.79 Å². The van der Waals surface area contributed by atoms with E-state index in [0.717, 1.165) is 35.5 Å². The van der Waals surface area contributed by atoms with Crippen LogP contribution in [0.1, 0.15) is 33.2 Å². The highest BCUT2D eigenvalue weighted by atomic mass is 32.1. The van der Waals surface area contributed by atoms with Crippen LogP contribution in [0.25, 0.3) is 22.6 Å². The predicted molar refractivity (Wildman–Crippen MR) is 104 cm³/mol. The van der Waals surface area contributed by atoms with Crippen LogP contribution in [0.15, 0.2) is 35.2 Å². The molecule has 3 aromatic heterocycles. The molecule has 0 bridgehead atoms. The molecule has 4 heterocycles. The van der Waals surface area contributed by atoms with Crippen LogP contribution in [-0.2, 0) is 0 Å². The third-order valence-electron chi connectivity index (χ3n) is 4.53. The molecule has 1 saturated heterocycles. The second-order valence-corrected chi connectivity index (χ2v) is 8.51. The summed E-state index contributed by atoms with van der Waals surface area (Å²) in [6.45, 7) is 7.41. The molecular weight excluding hydrogens is 346 g/mol. The summed E-state index contributed by atoms with van der Waals surface area (Å²) in [7, 11) is 0. The number of hydrogen-bond acceptors (Lipinski definition) is 4. The van der Waals surface area contributed by atoms with E-state index in [0.29, 0.717) is 6.54 Å². The van der Waals surface area contributed by atoms with Crippen LogP contribution in [-0.4, -0.2) is 44.1 Å². The van der Waals surface area contributed by atoms with Crippen molar-refractivity contribution >= 4 is 28.5 Å². The van der Waals surface area contributed by atoms with Gasteiger partial charge in [-0.25, -0.2) is 14.8 Å². The molecule has 0 aromatic carbocycles. The van der Waals surface area contributed by atoms with Crippen molar-refractivity contribution in [1.29, 1.82) is 0 Å². The second kappa shape index (κ2) is 6.39. The van der Waals surface area contributed by atoms with Crippen LogP contribution in [0, 0.1) is 0 Å². The van der Waals surface area contributed by atoms with Gasteiger partial charge in [0, 0.05) is 35.8 Å². The standard InChI is InChI=1S/C19H23N5OS/c1-19(2,3)22-18(25)23-9-6-14(11-23)24-16(13-7-10-26-12-13)21-15-5-4-8-20-17(15)24/h4-5,7-8,10,12,14H,6,9,11H2,1-3H3,(H,22,25)/t14-/m0/s1. The second-order valence-electron chi connectivity index (χ2n) is 7.73. The number of thiophene rings is 1. The number of rotatable bonds is 2. The van der Waals surface area contributed by atoms with Gasteiger partial charge in [0.1, 0.15) is 11.3 Å². The lowest BCUT2D eigenvalue weighted by Crippen LogP contribution is -2.47. The van der Waals surface area contributed by atoms with E-state index in [1.807, 2.05) is 37.8 Å². The summed E-state index contributed by atoms with van der Waals surface area (Å²) < 4.78 is 2.21. The van der Waals surface area contributed by atoms with Crippen molar-refractivity contribution in [3.63, 3.8) is 0 Å². The highest BCUT2D eigenvalue weighted by Gasteiger charge is 2.32. The Morgan fingerprint density at radius 3 is 2.92 bits per heavy atom. The molecule has 3 aromatic rings. The van der Waals surface area contributed by atoms with Gasteiger partial charge in [-0.1, -0.05) is 0 Å². The van der Waals surface area contributed by atoms with Crippen LogP contribution < -0.4 is 5.32 Å². The van der Waals surface area contributed by atoms with E-state index in [-0.39, 0.29) is 17.6 Å². The van der Waals surface area contributed by atoms with Gasteiger partial charge >= 0.3 is 6.03 Å². The Hall–Kier alpha value is -2.41. The van der Waals surface area contributed by atoms with Crippen LogP contribution >= 0.6 is 11.3 Å². The number of nitrogens with one attached hydrogen (secondary N) is 1. The number of aromatic nitrogens is 3. The SMILES string of the molecule is CC(C)(C)NC(=O)N1CC[C@H](n2c(-c3ccsc3)nc3cccnc32)C1. The fraction of sp³-hybridized carbons (Fsp3) is 0.421. The smallest absolute Gasteiger partial charge is 0.317 e. The normalized spacial score (nSPS) is 17.8. The van der Waals surface area contributed by atoms with Crippen molar-refractivity contribution in [1.82, 2.24) is 24.8 Å².